The van der Waals surface area contributed by atoms with E-state index in [1.54, 1.807) is 24.3 Å². The molecule has 1 saturated heterocycles. The summed E-state index contributed by atoms with van der Waals surface area (Å²) < 4.78 is 26.0. The quantitative estimate of drug-likeness (QED) is 0.849. The Hall–Kier alpha value is -0.940. The summed E-state index contributed by atoms with van der Waals surface area (Å²) >= 11 is 0. The van der Waals surface area contributed by atoms with Crippen molar-refractivity contribution in [3.63, 3.8) is 0 Å². The van der Waals surface area contributed by atoms with Crippen molar-refractivity contribution in [1.29, 1.82) is 0 Å². The summed E-state index contributed by atoms with van der Waals surface area (Å²) in [5.74, 6) is 0.386. The van der Waals surface area contributed by atoms with Gasteiger partial charge in [-0.3, -0.25) is 4.98 Å². The molecule has 1 aromatic rings. The Morgan fingerprint density at radius 1 is 1.42 bits per heavy atom. The number of rotatable bonds is 4. The van der Waals surface area contributed by atoms with E-state index >= 15 is 0 Å². The van der Waals surface area contributed by atoms with E-state index in [-0.39, 0.29) is 5.25 Å². The van der Waals surface area contributed by atoms with Crippen LogP contribution in [0.3, 0.4) is 0 Å². The van der Waals surface area contributed by atoms with Gasteiger partial charge in [-0.2, -0.15) is 0 Å². The molecule has 1 unspecified atom stereocenters. The van der Waals surface area contributed by atoms with Gasteiger partial charge in [0, 0.05) is 25.0 Å². The van der Waals surface area contributed by atoms with Gasteiger partial charge in [0.25, 0.3) is 0 Å². The van der Waals surface area contributed by atoms with Gasteiger partial charge < -0.3 is 0 Å². The van der Waals surface area contributed by atoms with Crippen LogP contribution >= 0.6 is 0 Å². The maximum Gasteiger partial charge on any atom is 0.216 e. The highest BCUT2D eigenvalue weighted by molar-refractivity contribution is 7.89. The molecule has 4 nitrogen and oxygen atoms in total. The third-order valence-corrected chi connectivity index (χ3v) is 5.90. The van der Waals surface area contributed by atoms with Crippen molar-refractivity contribution < 1.29 is 8.42 Å². The van der Waals surface area contributed by atoms with Crippen LogP contribution in [0.2, 0.25) is 0 Å². The zero-order valence-corrected chi connectivity index (χ0v) is 12.4. The van der Waals surface area contributed by atoms with Crippen molar-refractivity contribution in [1.82, 2.24) is 9.29 Å². The predicted molar refractivity (Wildman–Crippen MR) is 76.3 cm³/mol. The predicted octanol–water partition coefficient (Wildman–Crippen LogP) is 2.07. The van der Waals surface area contributed by atoms with Crippen LogP contribution in [0.4, 0.5) is 0 Å². The monoisotopic (exact) mass is 282 g/mol. The lowest BCUT2D eigenvalue weighted by molar-refractivity contribution is 0.262. The Morgan fingerprint density at radius 2 is 2.21 bits per heavy atom. The van der Waals surface area contributed by atoms with Gasteiger partial charge in [-0.05, 0) is 51.2 Å². The normalized spacial score (nSPS) is 21.7. The molecule has 5 heteroatoms. The van der Waals surface area contributed by atoms with Crippen molar-refractivity contribution in [2.45, 2.75) is 38.4 Å². The van der Waals surface area contributed by atoms with E-state index in [1.165, 1.54) is 0 Å². The van der Waals surface area contributed by atoms with Crippen LogP contribution in [0.1, 0.15) is 32.4 Å². The molecule has 0 bridgehead atoms. The van der Waals surface area contributed by atoms with Crippen molar-refractivity contribution in [2.75, 3.05) is 13.1 Å². The molecule has 0 radical (unpaired) electrons. The lowest BCUT2D eigenvalue weighted by Crippen LogP contribution is -2.43. The first-order chi connectivity index (χ1) is 9.00. The second-order valence-electron chi connectivity index (χ2n) is 5.49. The standard InChI is InChI=1S/C14H22N2O2S/c1-12(2)19(17,18)16-9-5-6-13(11-16)10-14-7-3-4-8-15-14/h3-4,7-8,12-13H,5-6,9-11H2,1-2H3. The summed E-state index contributed by atoms with van der Waals surface area (Å²) in [6.07, 6.45) is 4.69. The largest absolute Gasteiger partial charge is 0.261 e. The van der Waals surface area contributed by atoms with Gasteiger partial charge in [-0.25, -0.2) is 12.7 Å². The zero-order chi connectivity index (χ0) is 13.9. The number of aromatic nitrogens is 1. The first-order valence-corrected chi connectivity index (χ1v) is 8.39. The molecule has 1 aliphatic heterocycles. The fourth-order valence-electron chi connectivity index (χ4n) is 2.54. The first-order valence-electron chi connectivity index (χ1n) is 6.89. The SMILES string of the molecule is CC(C)S(=O)(=O)N1CCCC(Cc2ccccn2)C1. The minimum absolute atomic E-state index is 0.332. The molecular formula is C14H22N2O2S. The minimum Gasteiger partial charge on any atom is -0.261 e. The highest BCUT2D eigenvalue weighted by atomic mass is 32.2. The van der Waals surface area contributed by atoms with Crippen LogP contribution < -0.4 is 0 Å². The van der Waals surface area contributed by atoms with E-state index in [2.05, 4.69) is 4.98 Å². The average molecular weight is 282 g/mol. The first kappa shape index (κ1) is 14.5. The Morgan fingerprint density at radius 3 is 2.84 bits per heavy atom. The van der Waals surface area contributed by atoms with E-state index in [0.29, 0.717) is 19.0 Å². The number of pyridine rings is 1. The molecule has 2 heterocycles. The Balaban J connectivity index is 2.02. The van der Waals surface area contributed by atoms with Gasteiger partial charge in [0.05, 0.1) is 5.25 Å². The summed E-state index contributed by atoms with van der Waals surface area (Å²) in [6.45, 7) is 4.80. The molecule has 0 aliphatic carbocycles. The van der Waals surface area contributed by atoms with Gasteiger partial charge in [-0.1, -0.05) is 6.07 Å². The summed E-state index contributed by atoms with van der Waals surface area (Å²) in [4.78, 5) is 4.33. The lowest BCUT2D eigenvalue weighted by Gasteiger charge is -2.33. The fourth-order valence-corrected chi connectivity index (χ4v) is 3.94. The Kier molecular flexibility index (Phi) is 4.58. The highest BCUT2D eigenvalue weighted by Gasteiger charge is 2.30. The van der Waals surface area contributed by atoms with Gasteiger partial charge in [0.2, 0.25) is 10.0 Å². The zero-order valence-electron chi connectivity index (χ0n) is 11.6. The van der Waals surface area contributed by atoms with Gasteiger partial charge in [-0.15, -0.1) is 0 Å². The molecule has 0 amide bonds. The number of sulfonamides is 1. The molecule has 1 atom stereocenters. The van der Waals surface area contributed by atoms with Crippen LogP contribution in [0.15, 0.2) is 24.4 Å². The number of hydrogen-bond donors (Lipinski definition) is 0. The van der Waals surface area contributed by atoms with Crippen molar-refractivity contribution in [3.05, 3.63) is 30.1 Å². The molecule has 0 N–H and O–H groups in total. The van der Waals surface area contributed by atoms with E-state index in [9.17, 15) is 8.42 Å². The highest BCUT2D eigenvalue weighted by Crippen LogP contribution is 2.23. The van der Waals surface area contributed by atoms with Crippen LogP contribution in [0, 0.1) is 5.92 Å². The van der Waals surface area contributed by atoms with Gasteiger partial charge >= 0.3 is 0 Å². The van der Waals surface area contributed by atoms with Crippen molar-refractivity contribution in [2.24, 2.45) is 5.92 Å². The summed E-state index contributed by atoms with van der Waals surface area (Å²) in [6, 6.07) is 5.89. The lowest BCUT2D eigenvalue weighted by atomic mass is 9.94. The molecule has 2 rings (SSSR count). The van der Waals surface area contributed by atoms with Crippen LogP contribution in [-0.2, 0) is 16.4 Å². The van der Waals surface area contributed by atoms with Crippen LogP contribution in [0.5, 0.6) is 0 Å². The maximum absolute atomic E-state index is 12.2. The summed E-state index contributed by atoms with van der Waals surface area (Å²) in [5.41, 5.74) is 1.05. The second kappa shape index (κ2) is 6.01. The molecule has 1 aromatic heterocycles. The summed E-state index contributed by atoms with van der Waals surface area (Å²) in [5, 5.41) is -0.332. The third-order valence-electron chi connectivity index (χ3n) is 3.66. The maximum atomic E-state index is 12.2. The topological polar surface area (TPSA) is 50.3 Å². The molecule has 19 heavy (non-hydrogen) atoms. The smallest absolute Gasteiger partial charge is 0.216 e. The minimum atomic E-state index is -3.11. The number of nitrogens with zero attached hydrogens (tertiary/aromatic N) is 2. The molecule has 0 saturated carbocycles. The molecule has 0 spiro atoms. The average Bonchev–Trinajstić information content (AvgIpc) is 2.40. The Bertz CT molecular complexity index is 499. The van der Waals surface area contributed by atoms with E-state index in [1.807, 2.05) is 18.2 Å². The van der Waals surface area contributed by atoms with Crippen LogP contribution in [0.25, 0.3) is 0 Å². The van der Waals surface area contributed by atoms with E-state index in [0.717, 1.165) is 25.0 Å². The number of piperidine rings is 1. The third kappa shape index (κ3) is 3.54. The molecule has 106 valence electrons. The van der Waals surface area contributed by atoms with Crippen molar-refractivity contribution in [3.8, 4) is 0 Å². The molecular weight excluding hydrogens is 260 g/mol. The summed E-state index contributed by atoms with van der Waals surface area (Å²) in [7, 11) is -3.11. The molecule has 0 aromatic carbocycles. The van der Waals surface area contributed by atoms with Crippen molar-refractivity contribution >= 4 is 10.0 Å². The second-order valence-corrected chi connectivity index (χ2v) is 7.97. The molecule has 1 fully saturated rings. The molecule has 1 aliphatic rings. The fraction of sp³-hybridized carbons (Fsp3) is 0.643. The number of hydrogen-bond acceptors (Lipinski definition) is 3. The van der Waals surface area contributed by atoms with E-state index < -0.39 is 10.0 Å². The Labute approximate surface area is 115 Å². The van der Waals surface area contributed by atoms with Gasteiger partial charge in [0.1, 0.15) is 0 Å². The van der Waals surface area contributed by atoms with Crippen LogP contribution in [-0.4, -0.2) is 36.0 Å². The van der Waals surface area contributed by atoms with Gasteiger partial charge in [0.15, 0.2) is 0 Å². The van der Waals surface area contributed by atoms with E-state index in [4.69, 9.17) is 0 Å².